The number of aromatic nitrogens is 1. The van der Waals surface area contributed by atoms with Crippen LogP contribution in [0, 0.1) is 0 Å². The van der Waals surface area contributed by atoms with Crippen LogP contribution in [-0.2, 0) is 11.2 Å². The van der Waals surface area contributed by atoms with Crippen LogP contribution >= 0.6 is 0 Å². The van der Waals surface area contributed by atoms with Crippen molar-refractivity contribution in [3.05, 3.63) is 115 Å². The number of morpholine rings is 1. The Morgan fingerprint density at radius 1 is 0.756 bits per heavy atom. The first-order valence-corrected chi connectivity index (χ1v) is 15.1. The van der Waals surface area contributed by atoms with Gasteiger partial charge >= 0.3 is 0 Å². The Hall–Kier alpha value is -5.34. The zero-order valence-corrected chi connectivity index (χ0v) is 25.1. The number of hydrogen-bond donors (Lipinski definition) is 2. The highest BCUT2D eigenvalue weighted by atomic mass is 16.5. The second kappa shape index (κ2) is 12.7. The van der Waals surface area contributed by atoms with E-state index in [0.29, 0.717) is 18.6 Å². The lowest BCUT2D eigenvalue weighted by molar-refractivity contribution is 0.102. The molecule has 7 rings (SSSR count). The number of ether oxygens (including phenoxy) is 3. The second-order valence-corrected chi connectivity index (χ2v) is 11.1. The van der Waals surface area contributed by atoms with Gasteiger partial charge in [0, 0.05) is 43.2 Å². The van der Waals surface area contributed by atoms with Crippen LogP contribution in [0.5, 0.6) is 11.5 Å². The number of carbonyl (C=O) groups is 1. The first-order valence-electron chi connectivity index (χ1n) is 15.1. The Morgan fingerprint density at radius 2 is 1.51 bits per heavy atom. The normalized spacial score (nSPS) is 14.0. The Labute approximate surface area is 262 Å². The molecule has 1 saturated heterocycles. The third-order valence-corrected chi connectivity index (χ3v) is 8.26. The third-order valence-electron chi connectivity index (χ3n) is 8.26. The van der Waals surface area contributed by atoms with Crippen LogP contribution in [0.3, 0.4) is 0 Å². The van der Waals surface area contributed by atoms with Crippen LogP contribution in [0.15, 0.2) is 103 Å². The molecule has 0 saturated carbocycles. The van der Waals surface area contributed by atoms with Crippen molar-refractivity contribution in [2.45, 2.75) is 6.42 Å². The summed E-state index contributed by atoms with van der Waals surface area (Å²) in [6, 6.07) is 30.2. The molecule has 0 atom stereocenters. The zero-order valence-electron chi connectivity index (χ0n) is 25.1. The Bertz CT molecular complexity index is 1820. The number of pyridine rings is 1. The number of methoxy groups -OCH3 is 1. The quantitative estimate of drug-likeness (QED) is 0.196. The molecule has 1 fully saturated rings. The molecule has 0 bridgehead atoms. The molecule has 2 aliphatic rings. The van der Waals surface area contributed by atoms with E-state index in [4.69, 9.17) is 14.2 Å². The molecule has 5 aromatic rings. The summed E-state index contributed by atoms with van der Waals surface area (Å²) in [6.07, 6.45) is 4.25. The maximum Gasteiger partial charge on any atom is 0.257 e. The molecule has 8 nitrogen and oxygen atoms in total. The van der Waals surface area contributed by atoms with Crippen LogP contribution in [0.2, 0.25) is 0 Å². The first kappa shape index (κ1) is 28.4. The SMILES string of the molecule is COc1cc(-c2ccc3c(c2)Nc2ccc(CCOc4ccc(N5CCOCC5)cc4)cc2NC3=O)ccc1-c1ccncc1. The zero-order chi connectivity index (χ0) is 30.6. The van der Waals surface area contributed by atoms with E-state index in [1.165, 1.54) is 5.69 Å². The molecule has 1 amide bonds. The summed E-state index contributed by atoms with van der Waals surface area (Å²) in [5.74, 6) is 1.46. The van der Waals surface area contributed by atoms with Crippen LogP contribution < -0.4 is 25.0 Å². The summed E-state index contributed by atoms with van der Waals surface area (Å²) in [5, 5.41) is 6.57. The number of hydrogen-bond acceptors (Lipinski definition) is 7. The number of anilines is 4. The van der Waals surface area contributed by atoms with Gasteiger partial charge in [0.1, 0.15) is 11.5 Å². The minimum absolute atomic E-state index is 0.151. The number of nitrogens with zero attached hydrogens (tertiary/aromatic N) is 2. The summed E-state index contributed by atoms with van der Waals surface area (Å²) < 4.78 is 17.2. The van der Waals surface area contributed by atoms with Crippen LogP contribution in [0.4, 0.5) is 22.7 Å². The monoisotopic (exact) mass is 598 g/mol. The van der Waals surface area contributed by atoms with Gasteiger partial charge in [-0.05, 0) is 89.0 Å². The van der Waals surface area contributed by atoms with Crippen molar-refractivity contribution >= 4 is 28.7 Å². The summed E-state index contributed by atoms with van der Waals surface area (Å²) >= 11 is 0. The van der Waals surface area contributed by atoms with Crippen molar-refractivity contribution in [1.82, 2.24) is 4.98 Å². The molecule has 0 aliphatic carbocycles. The van der Waals surface area contributed by atoms with Gasteiger partial charge < -0.3 is 29.7 Å². The number of nitrogens with one attached hydrogen (secondary N) is 2. The average molecular weight is 599 g/mol. The highest BCUT2D eigenvalue weighted by molar-refractivity contribution is 6.12. The number of carbonyl (C=O) groups excluding carboxylic acids is 1. The summed E-state index contributed by atoms with van der Waals surface area (Å²) in [6.45, 7) is 3.88. The van der Waals surface area contributed by atoms with Gasteiger partial charge in [0.2, 0.25) is 0 Å². The van der Waals surface area contributed by atoms with Gasteiger partial charge in [0.15, 0.2) is 0 Å². The molecule has 0 radical (unpaired) electrons. The topological polar surface area (TPSA) is 85.0 Å². The molecule has 4 aromatic carbocycles. The molecule has 2 N–H and O–H groups in total. The fourth-order valence-electron chi connectivity index (χ4n) is 5.82. The molecule has 0 spiro atoms. The highest BCUT2D eigenvalue weighted by Gasteiger charge is 2.20. The summed E-state index contributed by atoms with van der Waals surface area (Å²) in [7, 11) is 1.67. The molecular weight excluding hydrogens is 564 g/mol. The molecule has 3 heterocycles. The maximum absolute atomic E-state index is 13.3. The molecular formula is C37H34N4O4. The van der Waals surface area contributed by atoms with Crippen molar-refractivity contribution in [2.75, 3.05) is 55.6 Å². The largest absolute Gasteiger partial charge is 0.496 e. The first-order chi connectivity index (χ1) is 22.1. The summed E-state index contributed by atoms with van der Waals surface area (Å²) in [4.78, 5) is 19.7. The summed E-state index contributed by atoms with van der Waals surface area (Å²) in [5.41, 5.74) is 9.18. The van der Waals surface area contributed by atoms with Crippen molar-refractivity contribution in [1.29, 1.82) is 0 Å². The molecule has 1 aromatic heterocycles. The number of rotatable bonds is 8. The average Bonchev–Trinajstić information content (AvgIpc) is 3.23. The van der Waals surface area contributed by atoms with Crippen molar-refractivity contribution < 1.29 is 19.0 Å². The van der Waals surface area contributed by atoms with Crippen LogP contribution in [0.25, 0.3) is 22.3 Å². The third kappa shape index (κ3) is 6.18. The Morgan fingerprint density at radius 3 is 2.29 bits per heavy atom. The minimum Gasteiger partial charge on any atom is -0.496 e. The van der Waals surface area contributed by atoms with E-state index < -0.39 is 0 Å². The predicted octanol–water partition coefficient (Wildman–Crippen LogP) is 7.19. The van der Waals surface area contributed by atoms with E-state index in [0.717, 1.165) is 82.7 Å². The minimum atomic E-state index is -0.151. The molecule has 45 heavy (non-hydrogen) atoms. The van der Waals surface area contributed by atoms with Crippen molar-refractivity contribution in [3.8, 4) is 33.8 Å². The van der Waals surface area contributed by atoms with E-state index in [1.807, 2.05) is 60.7 Å². The lowest BCUT2D eigenvalue weighted by Crippen LogP contribution is -2.36. The van der Waals surface area contributed by atoms with Crippen molar-refractivity contribution in [3.63, 3.8) is 0 Å². The number of amides is 1. The molecule has 0 unspecified atom stereocenters. The van der Waals surface area contributed by atoms with E-state index >= 15 is 0 Å². The lowest BCUT2D eigenvalue weighted by Gasteiger charge is -2.28. The van der Waals surface area contributed by atoms with Crippen molar-refractivity contribution in [2.24, 2.45) is 0 Å². The van der Waals surface area contributed by atoms with Crippen LogP contribution in [-0.4, -0.2) is 50.9 Å². The van der Waals surface area contributed by atoms with E-state index in [9.17, 15) is 4.79 Å². The van der Waals surface area contributed by atoms with Gasteiger partial charge in [0.05, 0.1) is 49.6 Å². The van der Waals surface area contributed by atoms with Gasteiger partial charge in [-0.25, -0.2) is 0 Å². The number of benzene rings is 4. The van der Waals surface area contributed by atoms with Gasteiger partial charge in [-0.2, -0.15) is 0 Å². The van der Waals surface area contributed by atoms with Crippen LogP contribution in [0.1, 0.15) is 15.9 Å². The van der Waals surface area contributed by atoms with E-state index in [-0.39, 0.29) is 5.91 Å². The predicted molar refractivity (Wildman–Crippen MR) is 178 cm³/mol. The fourth-order valence-corrected chi connectivity index (χ4v) is 5.82. The van der Waals surface area contributed by atoms with E-state index in [1.54, 1.807) is 19.5 Å². The molecule has 2 aliphatic heterocycles. The fraction of sp³-hybridized carbons (Fsp3) is 0.189. The number of fused-ring (bicyclic) bond motifs is 2. The van der Waals surface area contributed by atoms with Gasteiger partial charge in [-0.15, -0.1) is 0 Å². The molecule has 8 heteroatoms. The van der Waals surface area contributed by atoms with Gasteiger partial charge in [0.25, 0.3) is 5.91 Å². The molecule has 226 valence electrons. The Balaban J connectivity index is 1.04. The van der Waals surface area contributed by atoms with E-state index in [2.05, 4.69) is 50.8 Å². The smallest absolute Gasteiger partial charge is 0.257 e. The highest BCUT2D eigenvalue weighted by Crippen LogP contribution is 2.38. The van der Waals surface area contributed by atoms with Gasteiger partial charge in [-0.1, -0.05) is 24.3 Å². The standard InChI is InChI=1S/C37H34N4O4/c1-43-36-24-28(3-9-31(36)26-12-15-38-16-13-26)27-4-10-32-34(23-27)39-33-11-2-25(22-35(33)40-37(32)42)14-19-45-30-7-5-29(6-8-30)41-17-20-44-21-18-41/h2-13,15-16,22-24,39H,14,17-21H2,1H3,(H,40,42). The maximum atomic E-state index is 13.3. The lowest BCUT2D eigenvalue weighted by atomic mass is 9.98. The second-order valence-electron chi connectivity index (χ2n) is 11.1. The van der Waals surface area contributed by atoms with Gasteiger partial charge in [-0.3, -0.25) is 9.78 Å². The Kier molecular flexibility index (Phi) is 8.04.